The molecule has 0 bridgehead atoms. The zero-order chi connectivity index (χ0) is 15.0. The quantitative estimate of drug-likeness (QED) is 0.695. The second-order valence-corrected chi connectivity index (χ2v) is 4.81. The Morgan fingerprint density at radius 1 is 1.10 bits per heavy atom. The van der Waals surface area contributed by atoms with Gasteiger partial charge in [-0.25, -0.2) is 8.78 Å². The summed E-state index contributed by atoms with van der Waals surface area (Å²) < 4.78 is 27.8. The number of benzene rings is 2. The molecule has 0 radical (unpaired) electrons. The number of pyridine rings is 1. The van der Waals surface area contributed by atoms with Crippen molar-refractivity contribution in [3.8, 4) is 0 Å². The highest BCUT2D eigenvalue weighted by Gasteiger charge is 2.12. The fourth-order valence-electron chi connectivity index (χ4n) is 2.17. The summed E-state index contributed by atoms with van der Waals surface area (Å²) in [6, 6.07) is 9.35. The highest BCUT2D eigenvalue weighted by Crippen LogP contribution is 2.32. The van der Waals surface area contributed by atoms with Gasteiger partial charge in [-0.1, -0.05) is 6.07 Å². The highest BCUT2D eigenvalue weighted by atomic mass is 19.1. The van der Waals surface area contributed by atoms with Gasteiger partial charge in [-0.05, 0) is 42.8 Å². The van der Waals surface area contributed by atoms with Crippen molar-refractivity contribution in [2.45, 2.75) is 6.92 Å². The minimum atomic E-state index is -0.528. The van der Waals surface area contributed by atoms with Crippen LogP contribution in [0.25, 0.3) is 10.9 Å². The molecule has 0 unspecified atom stereocenters. The number of nitrogens with zero attached hydrogens (tertiary/aromatic N) is 1. The third-order valence-corrected chi connectivity index (χ3v) is 3.32. The number of rotatable bonds is 2. The van der Waals surface area contributed by atoms with E-state index in [-0.39, 0.29) is 11.5 Å². The molecule has 0 saturated carbocycles. The normalized spacial score (nSPS) is 10.8. The molecule has 0 aliphatic rings. The van der Waals surface area contributed by atoms with Crippen LogP contribution in [0, 0.1) is 18.6 Å². The molecular formula is C16H13F2N3. The van der Waals surface area contributed by atoms with Gasteiger partial charge in [0.2, 0.25) is 0 Å². The van der Waals surface area contributed by atoms with Gasteiger partial charge in [-0.3, -0.25) is 4.98 Å². The fourth-order valence-corrected chi connectivity index (χ4v) is 2.17. The van der Waals surface area contributed by atoms with Gasteiger partial charge in [0.25, 0.3) is 0 Å². The molecule has 3 aromatic rings. The highest BCUT2D eigenvalue weighted by molar-refractivity contribution is 5.99. The first-order valence-electron chi connectivity index (χ1n) is 6.42. The minimum Gasteiger partial charge on any atom is -0.398 e. The van der Waals surface area contributed by atoms with E-state index in [4.69, 9.17) is 5.73 Å². The van der Waals surface area contributed by atoms with E-state index in [2.05, 4.69) is 10.3 Å². The largest absolute Gasteiger partial charge is 0.398 e. The van der Waals surface area contributed by atoms with Gasteiger partial charge in [-0.2, -0.15) is 0 Å². The summed E-state index contributed by atoms with van der Waals surface area (Å²) in [6.45, 7) is 1.67. The van der Waals surface area contributed by atoms with E-state index in [0.29, 0.717) is 27.8 Å². The van der Waals surface area contributed by atoms with Crippen molar-refractivity contribution in [3.05, 3.63) is 59.8 Å². The van der Waals surface area contributed by atoms with Crippen LogP contribution in [0.3, 0.4) is 0 Å². The van der Waals surface area contributed by atoms with E-state index in [0.717, 1.165) is 0 Å². The van der Waals surface area contributed by atoms with E-state index in [1.54, 1.807) is 37.4 Å². The lowest BCUT2D eigenvalue weighted by atomic mass is 10.1. The third kappa shape index (κ3) is 2.38. The molecule has 3 rings (SSSR count). The van der Waals surface area contributed by atoms with E-state index in [9.17, 15) is 8.78 Å². The van der Waals surface area contributed by atoms with Gasteiger partial charge in [0.05, 0.1) is 5.52 Å². The third-order valence-electron chi connectivity index (χ3n) is 3.32. The molecule has 0 saturated heterocycles. The lowest BCUT2D eigenvalue weighted by molar-refractivity contribution is 0.618. The molecule has 5 heteroatoms. The number of aromatic nitrogens is 1. The summed E-state index contributed by atoms with van der Waals surface area (Å²) >= 11 is 0. The second kappa shape index (κ2) is 5.01. The number of nitrogen functional groups attached to an aromatic ring is 1. The average Bonchev–Trinajstić information content (AvgIpc) is 2.47. The predicted octanol–water partition coefficient (Wildman–Crippen LogP) is 4.15. The Labute approximate surface area is 120 Å². The SMILES string of the molecule is Cc1ccc(Nc2c(F)cc(N)c3cccnc23)cc1F. The van der Waals surface area contributed by atoms with E-state index in [1.807, 2.05) is 0 Å². The second-order valence-electron chi connectivity index (χ2n) is 4.81. The van der Waals surface area contributed by atoms with Crippen LogP contribution < -0.4 is 11.1 Å². The Bertz CT molecular complexity index is 831. The average molecular weight is 285 g/mol. The molecule has 2 aromatic carbocycles. The Morgan fingerprint density at radius 3 is 2.67 bits per heavy atom. The lowest BCUT2D eigenvalue weighted by Crippen LogP contribution is -2.00. The molecule has 0 aliphatic carbocycles. The number of anilines is 3. The molecule has 3 nitrogen and oxygen atoms in total. The number of hydrogen-bond donors (Lipinski definition) is 2. The zero-order valence-corrected chi connectivity index (χ0v) is 11.3. The molecule has 0 amide bonds. The van der Waals surface area contributed by atoms with Crippen LogP contribution in [0.5, 0.6) is 0 Å². The van der Waals surface area contributed by atoms with Crippen LogP contribution in [0.1, 0.15) is 5.56 Å². The fraction of sp³-hybridized carbons (Fsp3) is 0.0625. The predicted molar refractivity (Wildman–Crippen MR) is 80.5 cm³/mol. The maximum Gasteiger partial charge on any atom is 0.150 e. The van der Waals surface area contributed by atoms with Gasteiger partial charge < -0.3 is 11.1 Å². The molecule has 0 spiro atoms. The molecule has 1 heterocycles. The molecule has 0 aliphatic heterocycles. The van der Waals surface area contributed by atoms with Gasteiger partial charge in [0.15, 0.2) is 5.82 Å². The van der Waals surface area contributed by atoms with E-state index < -0.39 is 5.82 Å². The van der Waals surface area contributed by atoms with Crippen molar-refractivity contribution < 1.29 is 8.78 Å². The van der Waals surface area contributed by atoms with Crippen molar-refractivity contribution >= 4 is 28.0 Å². The maximum atomic E-state index is 14.2. The summed E-state index contributed by atoms with van der Waals surface area (Å²) in [6.07, 6.45) is 1.56. The smallest absolute Gasteiger partial charge is 0.150 e. The van der Waals surface area contributed by atoms with Gasteiger partial charge in [0, 0.05) is 23.0 Å². The van der Waals surface area contributed by atoms with Crippen molar-refractivity contribution in [3.63, 3.8) is 0 Å². The van der Waals surface area contributed by atoms with Crippen molar-refractivity contribution in [1.82, 2.24) is 4.98 Å². The number of halogens is 2. The Morgan fingerprint density at radius 2 is 1.90 bits per heavy atom. The minimum absolute atomic E-state index is 0.183. The van der Waals surface area contributed by atoms with Crippen LogP contribution in [0.2, 0.25) is 0 Å². The molecule has 0 fully saturated rings. The number of hydrogen-bond acceptors (Lipinski definition) is 3. The van der Waals surface area contributed by atoms with Gasteiger partial charge >= 0.3 is 0 Å². The van der Waals surface area contributed by atoms with Crippen molar-refractivity contribution in [2.75, 3.05) is 11.1 Å². The summed E-state index contributed by atoms with van der Waals surface area (Å²) in [5.74, 6) is -0.882. The first-order chi connectivity index (χ1) is 10.1. The first kappa shape index (κ1) is 13.3. The summed E-state index contributed by atoms with van der Waals surface area (Å²) in [5.41, 5.74) is 7.69. The summed E-state index contributed by atoms with van der Waals surface area (Å²) in [7, 11) is 0. The lowest BCUT2D eigenvalue weighted by Gasteiger charge is -2.12. The van der Waals surface area contributed by atoms with Crippen LogP contribution in [0.4, 0.5) is 25.8 Å². The number of nitrogens with two attached hydrogens (primary N) is 1. The van der Waals surface area contributed by atoms with Crippen molar-refractivity contribution in [1.29, 1.82) is 0 Å². The summed E-state index contributed by atoms with van der Waals surface area (Å²) in [4.78, 5) is 4.16. The Kier molecular flexibility index (Phi) is 3.17. The Balaban J connectivity index is 2.14. The molecule has 106 valence electrons. The van der Waals surface area contributed by atoms with Gasteiger partial charge in [0.1, 0.15) is 11.5 Å². The molecule has 0 atom stereocenters. The van der Waals surface area contributed by atoms with E-state index in [1.165, 1.54) is 12.1 Å². The first-order valence-corrected chi connectivity index (χ1v) is 6.42. The molecule has 3 N–H and O–H groups in total. The van der Waals surface area contributed by atoms with Crippen molar-refractivity contribution in [2.24, 2.45) is 0 Å². The number of aryl methyl sites for hydroxylation is 1. The van der Waals surface area contributed by atoms with E-state index >= 15 is 0 Å². The van der Waals surface area contributed by atoms with Crippen LogP contribution >= 0.6 is 0 Å². The molecule has 21 heavy (non-hydrogen) atoms. The van der Waals surface area contributed by atoms with Crippen LogP contribution in [-0.2, 0) is 0 Å². The van der Waals surface area contributed by atoms with Crippen LogP contribution in [0.15, 0.2) is 42.6 Å². The Hall–Kier alpha value is -2.69. The maximum absolute atomic E-state index is 14.2. The number of nitrogens with one attached hydrogen (secondary N) is 1. The van der Waals surface area contributed by atoms with Crippen LogP contribution in [-0.4, -0.2) is 4.98 Å². The number of fused-ring (bicyclic) bond motifs is 1. The summed E-state index contributed by atoms with van der Waals surface area (Å²) in [5, 5.41) is 3.52. The topological polar surface area (TPSA) is 50.9 Å². The molecular weight excluding hydrogens is 272 g/mol. The standard InChI is InChI=1S/C16H13F2N3/c1-9-4-5-10(7-12(9)17)21-16-13(18)8-14(19)11-3-2-6-20-15(11)16/h2-8,21H,19H2,1H3. The monoisotopic (exact) mass is 285 g/mol. The van der Waals surface area contributed by atoms with Gasteiger partial charge in [-0.15, -0.1) is 0 Å². The molecule has 1 aromatic heterocycles. The zero-order valence-electron chi connectivity index (χ0n) is 11.3.